The minimum atomic E-state index is -3.57. The molecule has 1 aromatic carbocycles. The summed E-state index contributed by atoms with van der Waals surface area (Å²) >= 11 is 0. The van der Waals surface area contributed by atoms with Crippen molar-refractivity contribution >= 4 is 10.0 Å². The van der Waals surface area contributed by atoms with Gasteiger partial charge in [0.1, 0.15) is 5.82 Å². The van der Waals surface area contributed by atoms with Gasteiger partial charge in [-0.05, 0) is 69.8 Å². The molecule has 3 aliphatic rings. The maximum absolute atomic E-state index is 13.2. The van der Waals surface area contributed by atoms with E-state index in [1.54, 1.807) is 4.31 Å². The average Bonchev–Trinajstić information content (AvgIpc) is 2.90. The fourth-order valence-electron chi connectivity index (χ4n) is 4.71. The van der Waals surface area contributed by atoms with Crippen molar-refractivity contribution in [3.63, 3.8) is 0 Å². The van der Waals surface area contributed by atoms with Crippen molar-refractivity contribution in [1.82, 2.24) is 9.21 Å². The number of halogens is 1. The van der Waals surface area contributed by atoms with Gasteiger partial charge in [-0.3, -0.25) is 0 Å². The first kappa shape index (κ1) is 18.3. The summed E-state index contributed by atoms with van der Waals surface area (Å²) < 4.78 is 47.3. The number of benzene rings is 1. The Morgan fingerprint density at radius 2 is 1.54 bits per heavy atom. The van der Waals surface area contributed by atoms with E-state index in [1.807, 2.05) is 0 Å². The Bertz CT molecular complexity index is 718. The van der Waals surface area contributed by atoms with E-state index < -0.39 is 15.8 Å². The highest BCUT2D eigenvalue weighted by atomic mass is 32.2. The van der Waals surface area contributed by atoms with Gasteiger partial charge in [-0.25, -0.2) is 12.8 Å². The molecule has 3 aliphatic heterocycles. The predicted molar refractivity (Wildman–Crippen MR) is 96.9 cm³/mol. The van der Waals surface area contributed by atoms with Crippen molar-refractivity contribution in [2.75, 3.05) is 20.1 Å². The number of piperidine rings is 2. The number of ether oxygens (including phenoxy) is 1. The summed E-state index contributed by atoms with van der Waals surface area (Å²) in [5.41, 5.74) is 0. The topological polar surface area (TPSA) is 49.9 Å². The number of sulfonamides is 1. The first-order chi connectivity index (χ1) is 12.4. The molecule has 3 fully saturated rings. The average molecular weight is 383 g/mol. The van der Waals surface area contributed by atoms with Crippen LogP contribution in [-0.4, -0.2) is 62.1 Å². The molecule has 1 unspecified atom stereocenters. The summed E-state index contributed by atoms with van der Waals surface area (Å²) in [5.74, 6) is -0.419. The normalized spacial score (nSPS) is 31.4. The second-order valence-electron chi connectivity index (χ2n) is 7.91. The Kier molecular flexibility index (Phi) is 5.07. The van der Waals surface area contributed by atoms with Crippen LogP contribution in [0.1, 0.15) is 38.5 Å². The molecule has 0 aliphatic carbocycles. The third kappa shape index (κ3) is 3.54. The van der Waals surface area contributed by atoms with Gasteiger partial charge in [0.2, 0.25) is 10.0 Å². The highest BCUT2D eigenvalue weighted by molar-refractivity contribution is 7.89. The van der Waals surface area contributed by atoms with E-state index in [4.69, 9.17) is 4.74 Å². The van der Waals surface area contributed by atoms with Crippen molar-refractivity contribution in [3.05, 3.63) is 30.1 Å². The van der Waals surface area contributed by atoms with Crippen LogP contribution in [0.5, 0.6) is 0 Å². The summed E-state index contributed by atoms with van der Waals surface area (Å²) in [6, 6.07) is 5.16. The maximum Gasteiger partial charge on any atom is 0.243 e. The molecule has 144 valence electrons. The number of nitrogens with zero attached hydrogens (tertiary/aromatic N) is 2. The lowest BCUT2D eigenvalue weighted by molar-refractivity contribution is -0.0669. The Hall–Kier alpha value is -1.02. The molecule has 3 heterocycles. The van der Waals surface area contributed by atoms with Crippen molar-refractivity contribution in [3.8, 4) is 0 Å². The molecular formula is C19H27FN2O3S. The lowest BCUT2D eigenvalue weighted by Gasteiger charge is -2.40. The maximum atomic E-state index is 13.2. The van der Waals surface area contributed by atoms with E-state index in [1.165, 1.54) is 24.3 Å². The van der Waals surface area contributed by atoms with Gasteiger partial charge >= 0.3 is 0 Å². The molecule has 0 radical (unpaired) electrons. The Balaban J connectivity index is 1.44. The number of hydrogen-bond donors (Lipinski definition) is 0. The van der Waals surface area contributed by atoms with Crippen LogP contribution in [-0.2, 0) is 14.8 Å². The summed E-state index contributed by atoms with van der Waals surface area (Å²) in [7, 11) is -1.44. The quantitative estimate of drug-likeness (QED) is 0.803. The molecule has 0 N–H and O–H groups in total. The van der Waals surface area contributed by atoms with E-state index in [0.29, 0.717) is 6.10 Å². The van der Waals surface area contributed by atoms with E-state index in [2.05, 4.69) is 11.9 Å². The molecule has 4 rings (SSSR count). The minimum Gasteiger partial charge on any atom is -0.375 e. The Labute approximate surface area is 155 Å². The lowest BCUT2D eigenvalue weighted by atomic mass is 10.0. The van der Waals surface area contributed by atoms with Crippen LogP contribution < -0.4 is 0 Å². The highest BCUT2D eigenvalue weighted by Crippen LogP contribution is 2.41. The van der Waals surface area contributed by atoms with E-state index in [0.717, 1.165) is 51.6 Å². The zero-order chi connectivity index (χ0) is 18.3. The Morgan fingerprint density at radius 3 is 2.12 bits per heavy atom. The van der Waals surface area contributed by atoms with Crippen molar-refractivity contribution < 1.29 is 17.5 Å². The van der Waals surface area contributed by atoms with E-state index in [-0.39, 0.29) is 23.1 Å². The molecule has 0 amide bonds. The fourth-order valence-corrected chi connectivity index (χ4v) is 6.60. The monoisotopic (exact) mass is 382 g/mol. The third-order valence-corrected chi connectivity index (χ3v) is 8.08. The molecule has 1 aromatic rings. The molecule has 3 atom stereocenters. The van der Waals surface area contributed by atoms with Gasteiger partial charge in [0.05, 0.1) is 17.1 Å². The molecule has 3 saturated heterocycles. The molecular weight excluding hydrogens is 355 g/mol. The van der Waals surface area contributed by atoms with Crippen LogP contribution in [0.2, 0.25) is 0 Å². The minimum absolute atomic E-state index is 0.0000623. The van der Waals surface area contributed by atoms with Crippen LogP contribution in [0, 0.1) is 5.82 Å². The number of hydrogen-bond acceptors (Lipinski definition) is 4. The molecule has 26 heavy (non-hydrogen) atoms. The Morgan fingerprint density at radius 1 is 0.962 bits per heavy atom. The largest absolute Gasteiger partial charge is 0.375 e. The fraction of sp³-hybridized carbons (Fsp3) is 0.684. The van der Waals surface area contributed by atoms with Gasteiger partial charge < -0.3 is 9.64 Å². The molecule has 0 saturated carbocycles. The van der Waals surface area contributed by atoms with E-state index >= 15 is 0 Å². The zero-order valence-electron chi connectivity index (χ0n) is 15.2. The zero-order valence-corrected chi connectivity index (χ0v) is 16.0. The van der Waals surface area contributed by atoms with Gasteiger partial charge in [0.25, 0.3) is 0 Å². The third-order valence-electron chi connectivity index (χ3n) is 6.06. The van der Waals surface area contributed by atoms with E-state index in [9.17, 15) is 12.8 Å². The van der Waals surface area contributed by atoms with Gasteiger partial charge in [-0.15, -0.1) is 0 Å². The predicted octanol–water partition coefficient (Wildman–Crippen LogP) is 2.62. The molecule has 0 spiro atoms. The summed E-state index contributed by atoms with van der Waals surface area (Å²) in [4.78, 5) is 2.51. The number of likely N-dealkylation sites (tertiary alicyclic amines) is 1. The smallest absolute Gasteiger partial charge is 0.243 e. The van der Waals surface area contributed by atoms with Gasteiger partial charge in [0, 0.05) is 25.2 Å². The first-order valence-corrected chi connectivity index (χ1v) is 11.0. The second-order valence-corrected chi connectivity index (χ2v) is 9.75. The number of rotatable bonds is 4. The lowest BCUT2D eigenvalue weighted by Crippen LogP contribution is -2.49. The van der Waals surface area contributed by atoms with Crippen LogP contribution in [0.15, 0.2) is 29.2 Å². The molecule has 5 nitrogen and oxygen atoms in total. The standard InChI is InChI=1S/C19H27FN2O3S/c1-21-10-8-17(9-11-21)25-18-12-15-4-5-16(13-18)22(15)26(23,24)19-6-2-14(20)3-7-19/h2-3,6-7,15-18H,4-5,8-13H2,1H3/t15-,16+,18?. The summed E-state index contributed by atoms with van der Waals surface area (Å²) in [5, 5.41) is 0. The number of fused-ring (bicyclic) bond motifs is 2. The van der Waals surface area contributed by atoms with Gasteiger partial charge in [-0.1, -0.05) is 0 Å². The van der Waals surface area contributed by atoms with Crippen molar-refractivity contribution in [2.24, 2.45) is 0 Å². The highest BCUT2D eigenvalue weighted by Gasteiger charge is 2.47. The van der Waals surface area contributed by atoms with Gasteiger partial charge in [0.15, 0.2) is 0 Å². The summed E-state index contributed by atoms with van der Waals surface area (Å²) in [6.07, 6.45) is 5.87. The van der Waals surface area contributed by atoms with Crippen molar-refractivity contribution in [1.29, 1.82) is 0 Å². The van der Waals surface area contributed by atoms with Crippen LogP contribution in [0.3, 0.4) is 0 Å². The first-order valence-electron chi connectivity index (χ1n) is 9.56. The van der Waals surface area contributed by atoms with Crippen molar-refractivity contribution in [2.45, 2.75) is 67.7 Å². The van der Waals surface area contributed by atoms with Gasteiger partial charge in [-0.2, -0.15) is 4.31 Å². The molecule has 7 heteroatoms. The SMILES string of the molecule is CN1CCC(OC2C[C@H]3CC[C@@H](C2)N3S(=O)(=O)c2ccc(F)cc2)CC1. The van der Waals surface area contributed by atoms with Crippen LogP contribution in [0.4, 0.5) is 4.39 Å². The second kappa shape index (κ2) is 7.19. The van der Waals surface area contributed by atoms with Crippen LogP contribution >= 0.6 is 0 Å². The molecule has 2 bridgehead atoms. The summed E-state index contributed by atoms with van der Waals surface area (Å²) in [6.45, 7) is 2.13. The molecule has 0 aromatic heterocycles. The van der Waals surface area contributed by atoms with Crippen LogP contribution in [0.25, 0.3) is 0 Å².